The van der Waals surface area contributed by atoms with Crippen LogP contribution in [0.3, 0.4) is 0 Å². The van der Waals surface area contributed by atoms with Crippen LogP contribution in [0.25, 0.3) is 11.3 Å². The van der Waals surface area contributed by atoms with Gasteiger partial charge in [0.1, 0.15) is 11.4 Å². The molecular weight excluding hydrogens is 637 g/mol. The predicted molar refractivity (Wildman–Crippen MR) is 196 cm³/mol. The molecule has 2 N–H and O–H groups in total. The first-order valence-corrected chi connectivity index (χ1v) is 17.7. The Balaban J connectivity index is 1.24. The highest BCUT2D eigenvalue weighted by Crippen LogP contribution is 2.32. The first kappa shape index (κ1) is 34.3. The molecule has 1 unspecified atom stereocenters. The maximum absolute atomic E-state index is 13.0. The van der Waals surface area contributed by atoms with Crippen molar-refractivity contribution in [3.8, 4) is 11.3 Å². The van der Waals surface area contributed by atoms with E-state index in [2.05, 4.69) is 43.7 Å². The zero-order chi connectivity index (χ0) is 34.7. The summed E-state index contributed by atoms with van der Waals surface area (Å²) in [5.41, 5.74) is 4.78. The summed E-state index contributed by atoms with van der Waals surface area (Å²) in [7, 11) is 2.10. The van der Waals surface area contributed by atoms with Crippen molar-refractivity contribution in [2.24, 2.45) is 0 Å². The maximum Gasteiger partial charge on any atom is 0.410 e. The Kier molecular flexibility index (Phi) is 10.1. The lowest BCUT2D eigenvalue weighted by Crippen LogP contribution is -2.41. The minimum absolute atomic E-state index is 0.0441. The van der Waals surface area contributed by atoms with Gasteiger partial charge in [0.2, 0.25) is 5.95 Å². The van der Waals surface area contributed by atoms with Gasteiger partial charge >= 0.3 is 6.09 Å². The minimum atomic E-state index is -0.562. The SMILES string of the molecule is Cc1cccc(C)c1-c1cc(=O)[nH]c(NSc2cccc(N(Cc3cncc(N(C)C4CCC4)n3)C3CCN(C(=O)OC(C)(C)C)C3)c2)n1. The highest BCUT2D eigenvalue weighted by atomic mass is 32.2. The van der Waals surface area contributed by atoms with Gasteiger partial charge in [-0.3, -0.25) is 19.5 Å². The molecule has 3 heterocycles. The van der Waals surface area contributed by atoms with Gasteiger partial charge in [0.15, 0.2) is 0 Å². The van der Waals surface area contributed by atoms with E-state index in [-0.39, 0.29) is 17.7 Å². The largest absolute Gasteiger partial charge is 0.444 e. The first-order chi connectivity index (χ1) is 23.4. The summed E-state index contributed by atoms with van der Waals surface area (Å²) in [5, 5.41) is 0. The lowest BCUT2D eigenvalue weighted by molar-refractivity contribution is 0.0292. The van der Waals surface area contributed by atoms with E-state index in [0.29, 0.717) is 37.3 Å². The second-order valence-corrected chi connectivity index (χ2v) is 14.9. The number of hydrogen-bond acceptors (Lipinski definition) is 10. The summed E-state index contributed by atoms with van der Waals surface area (Å²) >= 11 is 1.38. The third-order valence-electron chi connectivity index (χ3n) is 9.14. The number of likely N-dealkylation sites (tertiary alicyclic amines) is 1. The van der Waals surface area contributed by atoms with Crippen LogP contribution in [0.4, 0.5) is 22.2 Å². The summed E-state index contributed by atoms with van der Waals surface area (Å²) in [4.78, 5) is 50.1. The molecule has 0 spiro atoms. The Labute approximate surface area is 292 Å². The highest BCUT2D eigenvalue weighted by molar-refractivity contribution is 8.00. The lowest BCUT2D eigenvalue weighted by Gasteiger charge is -2.36. The van der Waals surface area contributed by atoms with Crippen molar-refractivity contribution in [2.75, 3.05) is 34.7 Å². The number of benzene rings is 2. The van der Waals surface area contributed by atoms with Gasteiger partial charge in [0, 0.05) is 54.4 Å². The minimum Gasteiger partial charge on any atom is -0.444 e. The van der Waals surface area contributed by atoms with E-state index in [0.717, 1.165) is 45.2 Å². The van der Waals surface area contributed by atoms with Crippen LogP contribution in [0.15, 0.2) is 70.6 Å². The van der Waals surface area contributed by atoms with Crippen LogP contribution in [-0.2, 0) is 11.3 Å². The standard InChI is InChI=1S/C37H46N8O3S/c1-24-10-7-11-25(2)34(24)31-19-33(46)41-35(40-31)42-49-30-15-9-14-28(18-30)45(29-16-17-44(23-29)36(47)48-37(3,4)5)22-26-20-38-21-32(39-26)43(6)27-12-8-13-27/h7,9-11,14-15,18-21,27,29H,8,12-13,16-17,22-23H2,1-6H3,(H2,40,41,42,46). The average molecular weight is 683 g/mol. The van der Waals surface area contributed by atoms with E-state index in [1.165, 1.54) is 37.3 Å². The Hall–Kier alpha value is -4.58. The molecule has 1 aliphatic heterocycles. The smallest absolute Gasteiger partial charge is 0.410 e. The lowest BCUT2D eigenvalue weighted by atomic mass is 9.92. The number of rotatable bonds is 10. The zero-order valence-electron chi connectivity index (χ0n) is 29.2. The molecule has 258 valence electrons. The number of nitrogens with zero attached hydrogens (tertiary/aromatic N) is 6. The fraction of sp³-hybridized carbons (Fsp3) is 0.432. The summed E-state index contributed by atoms with van der Waals surface area (Å²) in [6.45, 7) is 11.4. The second kappa shape index (κ2) is 14.5. The third kappa shape index (κ3) is 8.36. The summed E-state index contributed by atoms with van der Waals surface area (Å²) in [6, 6.07) is 16.4. The van der Waals surface area contributed by atoms with Gasteiger partial charge in [0.25, 0.3) is 5.56 Å². The third-order valence-corrected chi connectivity index (χ3v) is 9.92. The van der Waals surface area contributed by atoms with Crippen LogP contribution in [0.5, 0.6) is 0 Å². The number of aromatic nitrogens is 4. The number of ether oxygens (including phenoxy) is 1. The van der Waals surface area contributed by atoms with Gasteiger partial charge in [-0.05, 0) is 102 Å². The fourth-order valence-corrected chi connectivity index (χ4v) is 7.02. The molecule has 1 amide bonds. The van der Waals surface area contributed by atoms with Gasteiger partial charge < -0.3 is 19.4 Å². The molecule has 1 aliphatic carbocycles. The number of nitrogens with one attached hydrogen (secondary N) is 2. The molecule has 4 aromatic rings. The van der Waals surface area contributed by atoms with Crippen molar-refractivity contribution >= 4 is 35.5 Å². The summed E-state index contributed by atoms with van der Waals surface area (Å²) in [6.07, 6.45) is 7.76. The van der Waals surface area contributed by atoms with Crippen LogP contribution in [0.2, 0.25) is 0 Å². The number of carbonyl (C=O) groups excluding carboxylic acids is 1. The van der Waals surface area contributed by atoms with E-state index >= 15 is 0 Å². The Bertz CT molecular complexity index is 1830. The van der Waals surface area contributed by atoms with Crippen LogP contribution in [0, 0.1) is 13.8 Å². The molecule has 49 heavy (non-hydrogen) atoms. The summed E-state index contributed by atoms with van der Waals surface area (Å²) < 4.78 is 8.96. The number of aromatic amines is 1. The van der Waals surface area contributed by atoms with Gasteiger partial charge in [-0.25, -0.2) is 14.8 Å². The van der Waals surface area contributed by atoms with E-state index in [9.17, 15) is 9.59 Å². The highest BCUT2D eigenvalue weighted by Gasteiger charge is 2.34. The van der Waals surface area contributed by atoms with E-state index in [1.54, 1.807) is 4.90 Å². The summed E-state index contributed by atoms with van der Waals surface area (Å²) in [5.74, 6) is 1.26. The number of amides is 1. The molecule has 11 nitrogen and oxygen atoms in total. The number of H-pyrrole nitrogens is 1. The molecule has 1 saturated carbocycles. The Morgan fingerprint density at radius 3 is 2.51 bits per heavy atom. The average Bonchev–Trinajstić information content (AvgIpc) is 3.52. The molecule has 0 bridgehead atoms. The molecule has 12 heteroatoms. The van der Waals surface area contributed by atoms with Crippen molar-refractivity contribution in [2.45, 2.75) is 89.4 Å². The maximum atomic E-state index is 13.0. The Morgan fingerprint density at radius 2 is 1.80 bits per heavy atom. The molecular formula is C37H46N8O3S. The molecule has 2 aliphatic rings. The van der Waals surface area contributed by atoms with Crippen molar-refractivity contribution < 1.29 is 9.53 Å². The van der Waals surface area contributed by atoms with Gasteiger partial charge in [0.05, 0.1) is 30.3 Å². The van der Waals surface area contributed by atoms with Gasteiger partial charge in [-0.2, -0.15) is 0 Å². The monoisotopic (exact) mass is 682 g/mol. The molecule has 2 aromatic heterocycles. The van der Waals surface area contributed by atoms with Crippen molar-refractivity contribution in [3.63, 3.8) is 0 Å². The fourth-order valence-electron chi connectivity index (χ4n) is 6.38. The topological polar surface area (TPSA) is 120 Å². The van der Waals surface area contributed by atoms with Crippen molar-refractivity contribution in [3.05, 3.63) is 88.1 Å². The molecule has 6 rings (SSSR count). The number of anilines is 3. The van der Waals surface area contributed by atoms with Crippen LogP contribution in [0.1, 0.15) is 63.3 Å². The molecule has 0 radical (unpaired) electrons. The van der Waals surface area contributed by atoms with Gasteiger partial charge in [-0.15, -0.1) is 0 Å². The van der Waals surface area contributed by atoms with Crippen LogP contribution >= 0.6 is 11.9 Å². The molecule has 2 aromatic carbocycles. The number of aryl methyl sites for hydroxylation is 2. The second-order valence-electron chi connectivity index (χ2n) is 14.0. The molecule has 2 fully saturated rings. The quantitative estimate of drug-likeness (QED) is 0.170. The van der Waals surface area contributed by atoms with Crippen molar-refractivity contribution in [1.29, 1.82) is 0 Å². The normalized spacial score (nSPS) is 16.3. The van der Waals surface area contributed by atoms with Crippen molar-refractivity contribution in [1.82, 2.24) is 24.8 Å². The van der Waals surface area contributed by atoms with Crippen LogP contribution in [-0.4, -0.2) is 68.8 Å². The molecule has 1 saturated heterocycles. The first-order valence-electron chi connectivity index (χ1n) is 16.9. The van der Waals surface area contributed by atoms with Crippen LogP contribution < -0.4 is 20.1 Å². The number of carbonyl (C=O) groups is 1. The van der Waals surface area contributed by atoms with Gasteiger partial charge in [-0.1, -0.05) is 24.3 Å². The molecule has 1 atom stereocenters. The van der Waals surface area contributed by atoms with E-state index < -0.39 is 5.60 Å². The van der Waals surface area contributed by atoms with E-state index in [1.807, 2.05) is 77.3 Å². The number of hydrogen-bond donors (Lipinski definition) is 2. The predicted octanol–water partition coefficient (Wildman–Crippen LogP) is 6.97. The Morgan fingerprint density at radius 1 is 1.04 bits per heavy atom. The zero-order valence-corrected chi connectivity index (χ0v) is 30.0. The van der Waals surface area contributed by atoms with E-state index in [4.69, 9.17) is 14.7 Å².